The predicted octanol–water partition coefficient (Wildman–Crippen LogP) is 3.23. The fourth-order valence-corrected chi connectivity index (χ4v) is 3.24. The summed E-state index contributed by atoms with van der Waals surface area (Å²) in [5.41, 5.74) is 1.01. The number of fused-ring (bicyclic) bond motifs is 1. The van der Waals surface area contributed by atoms with Crippen molar-refractivity contribution < 1.29 is 0 Å². The molecule has 1 aliphatic heterocycles. The number of hydrogen-bond acceptors (Lipinski definition) is 4. The summed E-state index contributed by atoms with van der Waals surface area (Å²) >= 11 is 0. The topological polar surface area (TPSA) is 46.3 Å². The zero-order chi connectivity index (χ0) is 14.8. The molecule has 21 heavy (non-hydrogen) atoms. The molecule has 3 heterocycles. The third-order valence-corrected chi connectivity index (χ3v) is 4.36. The molecule has 0 amide bonds. The highest BCUT2D eigenvalue weighted by Gasteiger charge is 2.25. The normalized spacial score (nSPS) is 19.6. The van der Waals surface area contributed by atoms with Crippen molar-refractivity contribution in [2.24, 2.45) is 5.92 Å². The Balaban J connectivity index is 1.92. The molecule has 0 N–H and O–H groups in total. The number of rotatable bonds is 4. The van der Waals surface area contributed by atoms with Crippen LogP contribution in [-0.4, -0.2) is 32.2 Å². The minimum Gasteiger partial charge on any atom is -0.353 e. The van der Waals surface area contributed by atoms with E-state index in [1.54, 1.807) is 6.33 Å². The molecule has 0 aliphatic carbocycles. The summed E-state index contributed by atoms with van der Waals surface area (Å²) in [7, 11) is 0. The Labute approximate surface area is 126 Å². The first-order valence-electron chi connectivity index (χ1n) is 8.09. The molecule has 1 atom stereocenters. The van der Waals surface area contributed by atoms with E-state index in [1.807, 2.05) is 11.4 Å². The largest absolute Gasteiger partial charge is 0.353 e. The van der Waals surface area contributed by atoms with E-state index in [9.17, 15) is 0 Å². The fourth-order valence-electron chi connectivity index (χ4n) is 3.24. The first kappa shape index (κ1) is 14.3. The Morgan fingerprint density at radius 3 is 3.00 bits per heavy atom. The van der Waals surface area contributed by atoms with Gasteiger partial charge in [0.25, 0.3) is 5.78 Å². The first-order valence-corrected chi connectivity index (χ1v) is 8.09. The second-order valence-corrected chi connectivity index (χ2v) is 6.54. The van der Waals surface area contributed by atoms with Crippen molar-refractivity contribution in [1.29, 1.82) is 0 Å². The van der Waals surface area contributed by atoms with Gasteiger partial charge in [-0.3, -0.25) is 0 Å². The molecule has 0 spiro atoms. The molecule has 5 nitrogen and oxygen atoms in total. The molecule has 0 unspecified atom stereocenters. The standard InChI is InChI=1S/C16H25N5/c1-12(2)7-8-14-6-4-5-9-20(14)15-10-13(3)19-16-17-11-18-21(15)16/h10-12,14H,4-9H2,1-3H3/t14-/m1/s1. The van der Waals surface area contributed by atoms with Gasteiger partial charge in [-0.25, -0.2) is 4.98 Å². The van der Waals surface area contributed by atoms with Crippen LogP contribution in [0.15, 0.2) is 12.4 Å². The van der Waals surface area contributed by atoms with Crippen molar-refractivity contribution in [2.75, 3.05) is 11.4 Å². The smallest absolute Gasteiger partial charge is 0.254 e. The quantitative estimate of drug-likeness (QED) is 0.866. The van der Waals surface area contributed by atoms with Crippen LogP contribution >= 0.6 is 0 Å². The highest BCUT2D eigenvalue weighted by molar-refractivity contribution is 5.48. The Morgan fingerprint density at radius 2 is 2.19 bits per heavy atom. The molecule has 0 saturated carbocycles. The summed E-state index contributed by atoms with van der Waals surface area (Å²) in [6.07, 6.45) is 8.02. The molecule has 0 radical (unpaired) electrons. The number of aromatic nitrogens is 4. The summed E-state index contributed by atoms with van der Waals surface area (Å²) in [6, 6.07) is 2.77. The van der Waals surface area contributed by atoms with Crippen molar-refractivity contribution in [3.63, 3.8) is 0 Å². The van der Waals surface area contributed by atoms with Gasteiger partial charge in [0.05, 0.1) is 0 Å². The van der Waals surface area contributed by atoms with E-state index in [2.05, 4.69) is 39.9 Å². The summed E-state index contributed by atoms with van der Waals surface area (Å²) in [5, 5.41) is 4.37. The van der Waals surface area contributed by atoms with E-state index in [0.717, 1.165) is 24.0 Å². The van der Waals surface area contributed by atoms with Crippen LogP contribution in [0.1, 0.15) is 51.6 Å². The highest BCUT2D eigenvalue weighted by Crippen LogP contribution is 2.28. The van der Waals surface area contributed by atoms with Crippen molar-refractivity contribution >= 4 is 11.6 Å². The van der Waals surface area contributed by atoms with Crippen LogP contribution in [0, 0.1) is 12.8 Å². The molecular formula is C16H25N5. The number of nitrogens with zero attached hydrogens (tertiary/aromatic N) is 5. The summed E-state index contributed by atoms with van der Waals surface area (Å²) in [5.74, 6) is 2.63. The van der Waals surface area contributed by atoms with E-state index >= 15 is 0 Å². The van der Waals surface area contributed by atoms with Gasteiger partial charge in [-0.05, 0) is 44.9 Å². The second-order valence-electron chi connectivity index (χ2n) is 6.54. The molecule has 1 fully saturated rings. The molecule has 5 heteroatoms. The van der Waals surface area contributed by atoms with Crippen LogP contribution in [-0.2, 0) is 0 Å². The van der Waals surface area contributed by atoms with Crippen molar-refractivity contribution in [2.45, 2.75) is 58.9 Å². The van der Waals surface area contributed by atoms with Gasteiger partial charge in [-0.15, -0.1) is 0 Å². The van der Waals surface area contributed by atoms with Gasteiger partial charge < -0.3 is 4.90 Å². The Morgan fingerprint density at radius 1 is 1.33 bits per heavy atom. The first-order chi connectivity index (χ1) is 10.1. The van der Waals surface area contributed by atoms with Crippen LogP contribution < -0.4 is 4.90 Å². The molecule has 0 bridgehead atoms. The van der Waals surface area contributed by atoms with Crippen LogP contribution in [0.25, 0.3) is 5.78 Å². The maximum atomic E-state index is 4.45. The minimum atomic E-state index is 0.621. The van der Waals surface area contributed by atoms with E-state index in [1.165, 1.54) is 32.1 Å². The van der Waals surface area contributed by atoms with Gasteiger partial charge in [-0.1, -0.05) is 13.8 Å². The number of piperidine rings is 1. The van der Waals surface area contributed by atoms with Crippen LogP contribution in [0.4, 0.5) is 5.82 Å². The zero-order valence-corrected chi connectivity index (χ0v) is 13.3. The monoisotopic (exact) mass is 287 g/mol. The maximum Gasteiger partial charge on any atom is 0.254 e. The van der Waals surface area contributed by atoms with Gasteiger partial charge in [0.15, 0.2) is 0 Å². The summed E-state index contributed by atoms with van der Waals surface area (Å²) in [6.45, 7) is 7.76. The lowest BCUT2D eigenvalue weighted by Crippen LogP contribution is -2.41. The van der Waals surface area contributed by atoms with E-state index in [-0.39, 0.29) is 0 Å². The number of hydrogen-bond donors (Lipinski definition) is 0. The lowest BCUT2D eigenvalue weighted by atomic mass is 9.95. The average Bonchev–Trinajstić information content (AvgIpc) is 2.92. The van der Waals surface area contributed by atoms with Crippen LogP contribution in [0.2, 0.25) is 0 Å². The van der Waals surface area contributed by atoms with Gasteiger partial charge in [0.1, 0.15) is 12.1 Å². The highest BCUT2D eigenvalue weighted by atomic mass is 15.4. The second kappa shape index (κ2) is 6.00. The van der Waals surface area contributed by atoms with Crippen molar-refractivity contribution in [3.8, 4) is 0 Å². The van der Waals surface area contributed by atoms with Crippen molar-refractivity contribution in [3.05, 3.63) is 18.1 Å². The summed E-state index contributed by atoms with van der Waals surface area (Å²) < 4.78 is 1.89. The molecular weight excluding hydrogens is 262 g/mol. The number of aryl methyl sites for hydroxylation is 1. The maximum absolute atomic E-state index is 4.45. The van der Waals surface area contributed by atoms with E-state index < -0.39 is 0 Å². The van der Waals surface area contributed by atoms with Gasteiger partial charge in [0.2, 0.25) is 0 Å². The Hall–Kier alpha value is -1.65. The lowest BCUT2D eigenvalue weighted by Gasteiger charge is -2.37. The summed E-state index contributed by atoms with van der Waals surface area (Å²) in [4.78, 5) is 11.2. The van der Waals surface area contributed by atoms with Gasteiger partial charge in [0, 0.05) is 24.3 Å². The predicted molar refractivity (Wildman–Crippen MR) is 84.6 cm³/mol. The van der Waals surface area contributed by atoms with Crippen molar-refractivity contribution in [1.82, 2.24) is 19.6 Å². The average molecular weight is 287 g/mol. The number of anilines is 1. The van der Waals surface area contributed by atoms with Gasteiger partial charge >= 0.3 is 0 Å². The molecule has 2 aromatic rings. The third-order valence-electron chi connectivity index (χ3n) is 4.36. The third kappa shape index (κ3) is 3.01. The van der Waals surface area contributed by atoms with E-state index in [0.29, 0.717) is 11.8 Å². The lowest BCUT2D eigenvalue weighted by molar-refractivity contribution is 0.400. The molecule has 3 rings (SSSR count). The SMILES string of the molecule is Cc1cc(N2CCCC[C@@H]2CCC(C)C)n2ncnc2n1. The molecule has 1 saturated heterocycles. The van der Waals surface area contributed by atoms with E-state index in [4.69, 9.17) is 0 Å². The van der Waals surface area contributed by atoms with Crippen LogP contribution in [0.3, 0.4) is 0 Å². The molecule has 114 valence electrons. The molecule has 2 aromatic heterocycles. The Bertz CT molecular complexity index is 604. The minimum absolute atomic E-state index is 0.621. The van der Waals surface area contributed by atoms with Crippen LogP contribution in [0.5, 0.6) is 0 Å². The molecule has 0 aromatic carbocycles. The zero-order valence-electron chi connectivity index (χ0n) is 13.3. The van der Waals surface area contributed by atoms with Gasteiger partial charge in [-0.2, -0.15) is 14.6 Å². The Kier molecular flexibility index (Phi) is 4.08. The fraction of sp³-hybridized carbons (Fsp3) is 0.688. The molecule has 1 aliphatic rings.